The number of carbonyl (C=O) groups is 1. The zero-order valence-corrected chi connectivity index (χ0v) is 16.1. The molecule has 1 fully saturated rings. The second-order valence-electron chi connectivity index (χ2n) is 6.73. The van der Waals surface area contributed by atoms with Gasteiger partial charge in [0.25, 0.3) is 5.91 Å². The van der Waals surface area contributed by atoms with E-state index in [0.29, 0.717) is 29.7 Å². The third-order valence-electron chi connectivity index (χ3n) is 4.58. The molecule has 1 heterocycles. The SMILES string of the molecule is CCCCN(C(=O)c1cc(C)c(OC(F)F)c(C)c1)C1CCS(=O)(=O)C1. The van der Waals surface area contributed by atoms with Gasteiger partial charge in [-0.25, -0.2) is 8.42 Å². The highest BCUT2D eigenvalue weighted by molar-refractivity contribution is 7.91. The fraction of sp³-hybridized carbons (Fsp3) is 0.611. The molecule has 1 aliphatic heterocycles. The minimum absolute atomic E-state index is 0.0208. The summed E-state index contributed by atoms with van der Waals surface area (Å²) in [6, 6.07) is 2.71. The lowest BCUT2D eigenvalue weighted by Gasteiger charge is -2.29. The molecule has 0 N–H and O–H groups in total. The van der Waals surface area contributed by atoms with Gasteiger partial charge in [-0.1, -0.05) is 13.3 Å². The highest BCUT2D eigenvalue weighted by Crippen LogP contribution is 2.28. The molecule has 2 rings (SSSR count). The first-order valence-electron chi connectivity index (χ1n) is 8.72. The first kappa shape index (κ1) is 20.6. The second kappa shape index (κ2) is 8.33. The fourth-order valence-electron chi connectivity index (χ4n) is 3.31. The standard InChI is InChI=1S/C18H25F2NO4S/c1-4-5-7-21(15-6-8-26(23,24)11-15)17(22)14-9-12(2)16(13(3)10-14)25-18(19)20/h9-10,15,18H,4-8,11H2,1-3H3. The molecular weight excluding hydrogens is 364 g/mol. The Hall–Kier alpha value is -1.70. The number of rotatable bonds is 7. The third-order valence-corrected chi connectivity index (χ3v) is 6.33. The minimum Gasteiger partial charge on any atom is -0.434 e. The van der Waals surface area contributed by atoms with E-state index in [1.54, 1.807) is 18.7 Å². The maximum atomic E-state index is 13.0. The molecule has 1 aliphatic rings. The maximum absolute atomic E-state index is 13.0. The van der Waals surface area contributed by atoms with E-state index < -0.39 is 16.4 Å². The number of alkyl halides is 2. The summed E-state index contributed by atoms with van der Waals surface area (Å²) in [5.74, 6) is -0.129. The van der Waals surface area contributed by atoms with E-state index in [0.717, 1.165) is 12.8 Å². The Kier molecular flexibility index (Phi) is 6.60. The fourth-order valence-corrected chi connectivity index (χ4v) is 5.04. The molecule has 1 unspecified atom stereocenters. The van der Waals surface area contributed by atoms with Crippen LogP contribution in [0, 0.1) is 13.8 Å². The van der Waals surface area contributed by atoms with E-state index in [4.69, 9.17) is 0 Å². The first-order chi connectivity index (χ1) is 12.1. The number of aryl methyl sites for hydroxylation is 2. The van der Waals surface area contributed by atoms with Gasteiger partial charge in [0.05, 0.1) is 11.5 Å². The Labute approximate surface area is 153 Å². The predicted molar refractivity (Wildman–Crippen MR) is 95.6 cm³/mol. The average molecular weight is 389 g/mol. The minimum atomic E-state index is -3.11. The van der Waals surface area contributed by atoms with Gasteiger partial charge in [-0.15, -0.1) is 0 Å². The van der Waals surface area contributed by atoms with E-state index in [9.17, 15) is 22.0 Å². The number of nitrogens with zero attached hydrogens (tertiary/aromatic N) is 1. The van der Waals surface area contributed by atoms with Gasteiger partial charge in [0.2, 0.25) is 0 Å². The number of halogens is 2. The van der Waals surface area contributed by atoms with Crippen molar-refractivity contribution in [1.29, 1.82) is 0 Å². The summed E-state index contributed by atoms with van der Waals surface area (Å²) in [5, 5.41) is 0. The van der Waals surface area contributed by atoms with Crippen molar-refractivity contribution >= 4 is 15.7 Å². The van der Waals surface area contributed by atoms with E-state index >= 15 is 0 Å². The van der Waals surface area contributed by atoms with E-state index in [2.05, 4.69) is 4.74 Å². The van der Waals surface area contributed by atoms with Gasteiger partial charge >= 0.3 is 6.61 Å². The second-order valence-corrected chi connectivity index (χ2v) is 8.96. The molecule has 0 bridgehead atoms. The van der Waals surface area contributed by atoms with Crippen LogP contribution in [-0.2, 0) is 9.84 Å². The van der Waals surface area contributed by atoms with Crippen LogP contribution in [0.4, 0.5) is 8.78 Å². The zero-order chi connectivity index (χ0) is 19.5. The molecule has 0 aromatic heterocycles. The van der Waals surface area contributed by atoms with Gasteiger partial charge in [-0.05, 0) is 49.9 Å². The molecule has 0 saturated carbocycles. The Morgan fingerprint density at radius 3 is 2.38 bits per heavy atom. The number of unbranched alkanes of at least 4 members (excludes halogenated alkanes) is 1. The predicted octanol–water partition coefficient (Wildman–Crippen LogP) is 3.33. The Balaban J connectivity index is 2.30. The monoisotopic (exact) mass is 389 g/mol. The van der Waals surface area contributed by atoms with Crippen molar-refractivity contribution in [3.05, 3.63) is 28.8 Å². The van der Waals surface area contributed by atoms with Crippen molar-refractivity contribution < 1.29 is 26.7 Å². The summed E-state index contributed by atoms with van der Waals surface area (Å²) in [7, 11) is -3.11. The van der Waals surface area contributed by atoms with Crippen LogP contribution in [0.25, 0.3) is 0 Å². The molecule has 0 aliphatic carbocycles. The Morgan fingerprint density at radius 2 is 1.92 bits per heavy atom. The molecule has 26 heavy (non-hydrogen) atoms. The van der Waals surface area contributed by atoms with Crippen LogP contribution >= 0.6 is 0 Å². The van der Waals surface area contributed by atoms with Gasteiger partial charge in [0.15, 0.2) is 9.84 Å². The molecule has 1 aromatic rings. The van der Waals surface area contributed by atoms with Crippen molar-refractivity contribution in [3.8, 4) is 5.75 Å². The van der Waals surface area contributed by atoms with Gasteiger partial charge in [-0.2, -0.15) is 8.78 Å². The lowest BCUT2D eigenvalue weighted by Crippen LogP contribution is -2.41. The maximum Gasteiger partial charge on any atom is 0.387 e. The van der Waals surface area contributed by atoms with Crippen molar-refractivity contribution in [2.45, 2.75) is 52.7 Å². The number of sulfone groups is 1. The van der Waals surface area contributed by atoms with Gasteiger partial charge in [0, 0.05) is 18.2 Å². The van der Waals surface area contributed by atoms with Crippen molar-refractivity contribution in [2.75, 3.05) is 18.1 Å². The molecule has 1 atom stereocenters. The molecule has 5 nitrogen and oxygen atoms in total. The van der Waals surface area contributed by atoms with Gasteiger partial charge in [-0.3, -0.25) is 4.79 Å². The van der Waals surface area contributed by atoms with Crippen LogP contribution in [0.2, 0.25) is 0 Å². The van der Waals surface area contributed by atoms with Crippen LogP contribution in [0.5, 0.6) is 5.75 Å². The van der Waals surface area contributed by atoms with Gasteiger partial charge < -0.3 is 9.64 Å². The number of hydrogen-bond donors (Lipinski definition) is 0. The molecule has 1 saturated heterocycles. The van der Waals surface area contributed by atoms with Crippen molar-refractivity contribution in [3.63, 3.8) is 0 Å². The molecule has 0 radical (unpaired) electrons. The van der Waals surface area contributed by atoms with Crippen molar-refractivity contribution in [1.82, 2.24) is 4.90 Å². The summed E-state index contributed by atoms with van der Waals surface area (Å²) < 4.78 is 53.2. The topological polar surface area (TPSA) is 63.7 Å². The van der Waals surface area contributed by atoms with Crippen LogP contribution in [0.15, 0.2) is 12.1 Å². The normalized spacial score (nSPS) is 18.9. The van der Waals surface area contributed by atoms with Crippen LogP contribution in [-0.4, -0.2) is 49.9 Å². The summed E-state index contributed by atoms with van der Waals surface area (Å²) in [6.45, 7) is 2.76. The average Bonchev–Trinajstić information content (AvgIpc) is 2.90. The molecular formula is C18H25F2NO4S. The number of carbonyl (C=O) groups excluding carboxylic acids is 1. The number of amides is 1. The number of benzene rings is 1. The van der Waals surface area contributed by atoms with Gasteiger partial charge in [0.1, 0.15) is 5.75 Å². The summed E-state index contributed by atoms with van der Waals surface area (Å²) in [5.41, 5.74) is 1.26. The number of ether oxygens (including phenoxy) is 1. The smallest absolute Gasteiger partial charge is 0.387 e. The zero-order valence-electron chi connectivity index (χ0n) is 15.3. The summed E-state index contributed by atoms with van der Waals surface area (Å²) >= 11 is 0. The largest absolute Gasteiger partial charge is 0.434 e. The molecule has 8 heteroatoms. The third kappa shape index (κ3) is 4.93. The van der Waals surface area contributed by atoms with Crippen LogP contribution in [0.1, 0.15) is 47.7 Å². The summed E-state index contributed by atoms with van der Waals surface area (Å²) in [4.78, 5) is 14.6. The van der Waals surface area contributed by atoms with Crippen LogP contribution < -0.4 is 4.74 Å². The van der Waals surface area contributed by atoms with Crippen LogP contribution in [0.3, 0.4) is 0 Å². The molecule has 1 amide bonds. The van der Waals surface area contributed by atoms with E-state index in [1.807, 2.05) is 6.92 Å². The quantitative estimate of drug-likeness (QED) is 0.718. The molecule has 1 aromatic carbocycles. The van der Waals surface area contributed by atoms with E-state index in [-0.39, 0.29) is 29.2 Å². The Bertz CT molecular complexity index is 741. The number of hydrogen-bond acceptors (Lipinski definition) is 4. The van der Waals surface area contributed by atoms with Crippen molar-refractivity contribution in [2.24, 2.45) is 0 Å². The van der Waals surface area contributed by atoms with E-state index in [1.165, 1.54) is 12.1 Å². The molecule has 0 spiro atoms. The highest BCUT2D eigenvalue weighted by atomic mass is 32.2. The molecule has 146 valence electrons. The lowest BCUT2D eigenvalue weighted by atomic mass is 10.0. The highest BCUT2D eigenvalue weighted by Gasteiger charge is 2.35. The first-order valence-corrected chi connectivity index (χ1v) is 10.5. The summed E-state index contributed by atoms with van der Waals surface area (Å²) in [6.07, 6.45) is 2.08. The lowest BCUT2D eigenvalue weighted by molar-refractivity contribution is -0.0507. The Morgan fingerprint density at radius 1 is 1.31 bits per heavy atom.